The minimum atomic E-state index is -3.33. The van der Waals surface area contributed by atoms with Gasteiger partial charge in [0.2, 0.25) is 10.0 Å². The number of carbonyl (C=O) groups is 1. The highest BCUT2D eigenvalue weighted by Crippen LogP contribution is 2.37. The number of aromatic nitrogens is 1. The molecule has 4 rings (SSSR count). The number of fused-ring (bicyclic) bond motifs is 1. The lowest BCUT2D eigenvalue weighted by molar-refractivity contribution is 0.102. The van der Waals surface area contributed by atoms with E-state index in [9.17, 15) is 13.2 Å². The van der Waals surface area contributed by atoms with Crippen LogP contribution >= 0.6 is 11.3 Å². The molecular weight excluding hydrogens is 394 g/mol. The summed E-state index contributed by atoms with van der Waals surface area (Å²) in [7, 11) is -3.33. The molecule has 8 heteroatoms. The highest BCUT2D eigenvalue weighted by molar-refractivity contribution is 7.92. The summed E-state index contributed by atoms with van der Waals surface area (Å²) >= 11 is 1.69. The maximum absolute atomic E-state index is 13.1. The molecule has 2 aromatic heterocycles. The predicted octanol–water partition coefficient (Wildman–Crippen LogP) is 4.04. The molecule has 0 bridgehead atoms. The van der Waals surface area contributed by atoms with Crippen molar-refractivity contribution in [3.63, 3.8) is 0 Å². The zero-order valence-electron chi connectivity index (χ0n) is 15.4. The van der Waals surface area contributed by atoms with Gasteiger partial charge in [-0.25, -0.2) is 8.42 Å². The molecule has 0 atom stereocenters. The van der Waals surface area contributed by atoms with Gasteiger partial charge in [-0.2, -0.15) is 0 Å². The van der Waals surface area contributed by atoms with Gasteiger partial charge in [-0.1, -0.05) is 0 Å². The Morgan fingerprint density at radius 1 is 1.04 bits per heavy atom. The number of hydrogen-bond acceptors (Lipinski definition) is 4. The first-order valence-electron chi connectivity index (χ1n) is 9.08. The maximum Gasteiger partial charge on any atom is 0.258 e. The fraction of sp³-hybridized carbons (Fsp3) is 0.250. The molecule has 0 unspecified atom stereocenters. The monoisotopic (exact) mass is 415 g/mol. The van der Waals surface area contributed by atoms with Crippen molar-refractivity contribution in [2.75, 3.05) is 16.3 Å². The smallest absolute Gasteiger partial charge is 0.258 e. The Balaban J connectivity index is 1.62. The van der Waals surface area contributed by atoms with Crippen molar-refractivity contribution < 1.29 is 13.2 Å². The molecule has 0 fully saturated rings. The number of thiophene rings is 1. The third kappa shape index (κ3) is 3.98. The van der Waals surface area contributed by atoms with E-state index in [1.807, 2.05) is 29.1 Å². The van der Waals surface area contributed by atoms with Gasteiger partial charge in [-0.15, -0.1) is 11.3 Å². The van der Waals surface area contributed by atoms with Crippen molar-refractivity contribution in [1.29, 1.82) is 0 Å². The van der Waals surface area contributed by atoms with E-state index in [0.717, 1.165) is 48.1 Å². The van der Waals surface area contributed by atoms with Crippen LogP contribution in [-0.4, -0.2) is 25.1 Å². The number of carbonyl (C=O) groups excluding carboxylic acids is 1. The molecule has 0 radical (unpaired) electrons. The van der Waals surface area contributed by atoms with E-state index in [-0.39, 0.29) is 5.91 Å². The van der Waals surface area contributed by atoms with E-state index in [1.54, 1.807) is 35.6 Å². The number of nitrogens with zero attached hydrogens (tertiary/aromatic N) is 1. The van der Waals surface area contributed by atoms with Crippen LogP contribution in [-0.2, 0) is 22.9 Å². The van der Waals surface area contributed by atoms with Crippen LogP contribution in [0, 0.1) is 0 Å². The quantitative estimate of drug-likeness (QED) is 0.660. The summed E-state index contributed by atoms with van der Waals surface area (Å²) in [6.45, 7) is 0. The zero-order valence-corrected chi connectivity index (χ0v) is 17.1. The molecule has 1 aliphatic rings. The highest BCUT2D eigenvalue weighted by atomic mass is 32.2. The summed E-state index contributed by atoms with van der Waals surface area (Å²) < 4.78 is 27.1. The molecule has 3 aromatic rings. The van der Waals surface area contributed by atoms with E-state index >= 15 is 0 Å². The third-order valence-electron chi connectivity index (χ3n) is 4.66. The van der Waals surface area contributed by atoms with Gasteiger partial charge in [0, 0.05) is 28.6 Å². The summed E-state index contributed by atoms with van der Waals surface area (Å²) in [6.07, 6.45) is 9.22. The van der Waals surface area contributed by atoms with Crippen LogP contribution in [0.1, 0.15) is 33.6 Å². The summed E-state index contributed by atoms with van der Waals surface area (Å²) in [4.78, 5) is 14.4. The van der Waals surface area contributed by atoms with Crippen molar-refractivity contribution in [2.24, 2.45) is 0 Å². The van der Waals surface area contributed by atoms with Crippen molar-refractivity contribution in [3.05, 3.63) is 64.8 Å². The van der Waals surface area contributed by atoms with Gasteiger partial charge in [0.1, 0.15) is 5.00 Å². The molecule has 1 aliphatic carbocycles. The van der Waals surface area contributed by atoms with E-state index in [2.05, 4.69) is 10.0 Å². The number of amides is 1. The first-order valence-corrected chi connectivity index (χ1v) is 11.8. The molecule has 1 aromatic carbocycles. The molecule has 0 saturated heterocycles. The molecule has 28 heavy (non-hydrogen) atoms. The second kappa shape index (κ2) is 7.44. The fourth-order valence-electron chi connectivity index (χ4n) is 3.47. The summed E-state index contributed by atoms with van der Waals surface area (Å²) in [5, 5.41) is 3.91. The van der Waals surface area contributed by atoms with Crippen molar-refractivity contribution >= 4 is 38.6 Å². The number of benzene rings is 1. The normalized spacial score (nSPS) is 13.8. The molecule has 2 N–H and O–H groups in total. The van der Waals surface area contributed by atoms with Gasteiger partial charge < -0.3 is 9.88 Å². The summed E-state index contributed by atoms with van der Waals surface area (Å²) in [5.41, 5.74) is 2.99. The second-order valence-electron chi connectivity index (χ2n) is 6.89. The summed E-state index contributed by atoms with van der Waals surface area (Å²) in [6, 6.07) is 10.6. The first-order chi connectivity index (χ1) is 13.4. The van der Waals surface area contributed by atoms with Crippen LogP contribution in [0.2, 0.25) is 0 Å². The Morgan fingerprint density at radius 2 is 1.68 bits per heavy atom. The van der Waals surface area contributed by atoms with E-state index in [4.69, 9.17) is 0 Å². The van der Waals surface area contributed by atoms with Gasteiger partial charge in [0.15, 0.2) is 0 Å². The molecule has 0 spiro atoms. The zero-order chi connectivity index (χ0) is 19.7. The average Bonchev–Trinajstić information content (AvgIpc) is 3.29. The van der Waals surface area contributed by atoms with Crippen LogP contribution in [0.4, 0.5) is 11.4 Å². The van der Waals surface area contributed by atoms with Crippen LogP contribution in [0.3, 0.4) is 0 Å². The number of aryl methyl sites for hydroxylation is 1. The van der Waals surface area contributed by atoms with Crippen molar-refractivity contribution in [2.45, 2.75) is 25.7 Å². The fourth-order valence-corrected chi connectivity index (χ4v) is 5.38. The van der Waals surface area contributed by atoms with Crippen LogP contribution < -0.4 is 10.0 Å². The molecule has 2 heterocycles. The van der Waals surface area contributed by atoms with E-state index < -0.39 is 10.0 Å². The molecule has 146 valence electrons. The minimum Gasteiger partial charge on any atom is -0.322 e. The third-order valence-corrected chi connectivity index (χ3v) is 6.58. The minimum absolute atomic E-state index is 0.132. The van der Waals surface area contributed by atoms with Gasteiger partial charge >= 0.3 is 0 Å². The molecule has 6 nitrogen and oxygen atoms in total. The lowest BCUT2D eigenvalue weighted by Gasteiger charge is -2.13. The Labute approximate surface area is 168 Å². The number of rotatable bonds is 5. The lowest BCUT2D eigenvalue weighted by Crippen LogP contribution is -2.16. The van der Waals surface area contributed by atoms with Crippen LogP contribution in [0.15, 0.2) is 48.8 Å². The number of nitrogens with one attached hydrogen (secondary N) is 2. The first kappa shape index (κ1) is 18.8. The Morgan fingerprint density at radius 3 is 2.36 bits per heavy atom. The molecule has 0 saturated carbocycles. The Bertz CT molecular complexity index is 1100. The van der Waals surface area contributed by atoms with E-state index in [0.29, 0.717) is 11.4 Å². The lowest BCUT2D eigenvalue weighted by atomic mass is 9.95. The van der Waals surface area contributed by atoms with Gasteiger partial charge in [0.05, 0.1) is 11.8 Å². The molecule has 1 amide bonds. The largest absolute Gasteiger partial charge is 0.322 e. The SMILES string of the molecule is CS(=O)(=O)Nc1ccc(NC(=O)c2c(-n3cccc3)sc3c2CCCC3)cc1. The average molecular weight is 416 g/mol. The Kier molecular flexibility index (Phi) is 4.99. The van der Waals surface area contributed by atoms with Crippen molar-refractivity contribution in [1.82, 2.24) is 4.57 Å². The second-order valence-corrected chi connectivity index (χ2v) is 9.72. The van der Waals surface area contributed by atoms with Crippen molar-refractivity contribution in [3.8, 4) is 5.00 Å². The number of anilines is 2. The van der Waals surface area contributed by atoms with Gasteiger partial charge in [-0.3, -0.25) is 9.52 Å². The predicted molar refractivity (Wildman–Crippen MR) is 113 cm³/mol. The number of hydrogen-bond donors (Lipinski definition) is 2. The standard InChI is InChI=1S/C20H21N3O3S2/c1-28(25,26)22-15-10-8-14(9-11-15)21-19(24)18-16-6-2-3-7-17(16)27-20(18)23-12-4-5-13-23/h4-5,8-13,22H,2-3,6-7H2,1H3,(H,21,24). The van der Waals surface area contributed by atoms with Crippen LogP contribution in [0.5, 0.6) is 0 Å². The number of sulfonamides is 1. The topological polar surface area (TPSA) is 80.2 Å². The van der Waals surface area contributed by atoms with Crippen LogP contribution in [0.25, 0.3) is 5.00 Å². The molecular formula is C20H21N3O3S2. The van der Waals surface area contributed by atoms with Gasteiger partial charge in [-0.05, 0) is 67.6 Å². The Hall–Kier alpha value is -2.58. The highest BCUT2D eigenvalue weighted by Gasteiger charge is 2.26. The maximum atomic E-state index is 13.1. The summed E-state index contributed by atoms with van der Waals surface area (Å²) in [5.74, 6) is -0.132. The van der Waals surface area contributed by atoms with E-state index in [1.165, 1.54) is 4.88 Å². The molecule has 0 aliphatic heterocycles. The van der Waals surface area contributed by atoms with Gasteiger partial charge in [0.25, 0.3) is 5.91 Å².